The van der Waals surface area contributed by atoms with Crippen molar-refractivity contribution >= 4 is 31.1 Å². The van der Waals surface area contributed by atoms with Crippen molar-refractivity contribution in [2.75, 3.05) is 0 Å². The van der Waals surface area contributed by atoms with E-state index in [-0.39, 0.29) is 35.6 Å². The van der Waals surface area contributed by atoms with Gasteiger partial charge in [0.2, 0.25) is 0 Å². The van der Waals surface area contributed by atoms with Crippen LogP contribution in [0, 0.1) is 0 Å². The van der Waals surface area contributed by atoms with Gasteiger partial charge in [0, 0.05) is 9.52 Å². The second-order valence-corrected chi connectivity index (χ2v) is 8.56. The van der Waals surface area contributed by atoms with Crippen molar-refractivity contribution < 1.29 is 35.6 Å². The Labute approximate surface area is 202 Å². The molecule has 0 aliphatic heterocycles. The smallest absolute Gasteiger partial charge is 1.00 e. The van der Waals surface area contributed by atoms with Crippen molar-refractivity contribution in [2.24, 2.45) is 0 Å². The third-order valence-corrected chi connectivity index (χ3v) is 5.67. The van der Waals surface area contributed by atoms with E-state index in [4.69, 9.17) is 0 Å². The van der Waals surface area contributed by atoms with Gasteiger partial charge >= 0.3 is 26.2 Å². The Morgan fingerprint density at radius 1 is 0.633 bits per heavy atom. The molecule has 0 N–H and O–H groups in total. The summed E-state index contributed by atoms with van der Waals surface area (Å²) in [6, 6.07) is 28.8. The first-order chi connectivity index (χ1) is 13.2. The molecule has 0 aliphatic rings. The van der Waals surface area contributed by atoms with E-state index in [1.165, 1.54) is 54.3 Å². The fourth-order valence-electron chi connectivity index (χ4n) is 3.09. The van der Waals surface area contributed by atoms with Crippen molar-refractivity contribution in [3.63, 3.8) is 0 Å². The number of halogens is 2. The van der Waals surface area contributed by atoms with Gasteiger partial charge in [-0.15, -0.1) is 81.2 Å². The van der Waals surface area contributed by atoms with E-state index in [1.54, 1.807) is 0 Å². The second kappa shape index (κ2) is 17.3. The van der Waals surface area contributed by atoms with Gasteiger partial charge in [-0.3, -0.25) is 0 Å². The topological polar surface area (TPSA) is 0 Å². The molecule has 30 heavy (non-hydrogen) atoms. The Bertz CT molecular complexity index is 785. The SMILES string of the molecule is CC[Si]CC.CCc1cc2ccccc2[cH-]1.CCc1cc2ccccc2[cH-]1.[F-].[F-].[Zr+4]. The summed E-state index contributed by atoms with van der Waals surface area (Å²) >= 11 is 0. The predicted octanol–water partition coefficient (Wildman–Crippen LogP) is 1.81. The summed E-state index contributed by atoms with van der Waals surface area (Å²) in [7, 11) is 1.20. The van der Waals surface area contributed by atoms with Crippen LogP contribution < -0.4 is 9.41 Å². The molecule has 0 bridgehead atoms. The maximum Gasteiger partial charge on any atom is 4.00 e. The molecule has 0 saturated carbocycles. The molecule has 0 amide bonds. The van der Waals surface area contributed by atoms with Crippen molar-refractivity contribution in [1.82, 2.24) is 0 Å². The molecule has 4 aromatic carbocycles. The van der Waals surface area contributed by atoms with E-state index in [2.05, 4.69) is 100 Å². The van der Waals surface area contributed by atoms with Crippen LogP contribution in [0.5, 0.6) is 0 Å². The van der Waals surface area contributed by atoms with Crippen molar-refractivity contribution in [3.05, 3.63) is 83.9 Å². The summed E-state index contributed by atoms with van der Waals surface area (Å²) in [4.78, 5) is 0. The van der Waals surface area contributed by atoms with Gasteiger partial charge in [-0.25, -0.2) is 0 Å². The van der Waals surface area contributed by atoms with Crippen LogP contribution in [-0.2, 0) is 39.0 Å². The minimum Gasteiger partial charge on any atom is -1.00 e. The fourth-order valence-corrected chi connectivity index (χ4v) is 3.59. The van der Waals surface area contributed by atoms with Crippen LogP contribution in [0.3, 0.4) is 0 Å². The molecule has 0 unspecified atom stereocenters. The summed E-state index contributed by atoms with van der Waals surface area (Å²) < 4.78 is 0. The van der Waals surface area contributed by atoms with E-state index >= 15 is 0 Å². The minimum atomic E-state index is 0. The average Bonchev–Trinajstić information content (AvgIpc) is 3.32. The Hall–Kier alpha value is -1.38. The van der Waals surface area contributed by atoms with Crippen LogP contribution in [0.2, 0.25) is 12.1 Å². The van der Waals surface area contributed by atoms with Crippen LogP contribution in [0.25, 0.3) is 21.5 Å². The zero-order valence-electron chi connectivity index (χ0n) is 18.5. The van der Waals surface area contributed by atoms with Crippen LogP contribution in [-0.4, -0.2) is 9.52 Å². The number of fused-ring (bicyclic) bond motifs is 2. The quantitative estimate of drug-likeness (QED) is 0.296. The first-order valence-electron chi connectivity index (χ1n) is 10.2. The molecule has 4 heteroatoms. The number of benzene rings is 2. The Balaban J connectivity index is 0. The van der Waals surface area contributed by atoms with Gasteiger partial charge in [-0.05, 0) is 12.8 Å². The maximum atomic E-state index is 2.26. The predicted molar refractivity (Wildman–Crippen MR) is 125 cm³/mol. The summed E-state index contributed by atoms with van der Waals surface area (Å²) in [5.74, 6) is 0. The number of aryl methyl sites for hydroxylation is 2. The van der Waals surface area contributed by atoms with Gasteiger partial charge in [0.15, 0.2) is 0 Å². The molecule has 0 aromatic heterocycles. The van der Waals surface area contributed by atoms with Crippen molar-refractivity contribution in [1.29, 1.82) is 0 Å². The second-order valence-electron chi connectivity index (χ2n) is 6.65. The molecule has 0 heterocycles. The first-order valence-corrected chi connectivity index (χ1v) is 11.6. The van der Waals surface area contributed by atoms with Crippen LogP contribution >= 0.6 is 0 Å². The summed E-state index contributed by atoms with van der Waals surface area (Å²) in [6.45, 7) is 8.83. The molecule has 0 nitrogen and oxygen atoms in total. The molecule has 2 radical (unpaired) electrons. The minimum absolute atomic E-state index is 0. The number of rotatable bonds is 4. The first kappa shape index (κ1) is 30.8. The van der Waals surface area contributed by atoms with E-state index in [0.29, 0.717) is 0 Å². The summed E-state index contributed by atoms with van der Waals surface area (Å²) in [6.07, 6.45) is 2.27. The van der Waals surface area contributed by atoms with Gasteiger partial charge in [-0.2, -0.15) is 12.1 Å². The van der Waals surface area contributed by atoms with Crippen molar-refractivity contribution in [2.45, 2.75) is 52.6 Å². The van der Waals surface area contributed by atoms with E-state index in [1.807, 2.05) is 0 Å². The third kappa shape index (κ3) is 9.62. The average molecular weight is 502 g/mol. The third-order valence-electron chi connectivity index (χ3n) is 4.67. The van der Waals surface area contributed by atoms with Crippen LogP contribution in [0.1, 0.15) is 38.8 Å². The maximum absolute atomic E-state index is 2.26. The standard InChI is InChI=1S/2C11H11.C4H10Si.2FH.Zr/c2*1-2-9-7-10-5-3-4-6-11(10)8-9;1-3-5-4-2;;;/h2*3-8H,2H2,1H3;3-4H2,1-2H3;2*1H;/q2*-1;;;;+4/p-2. The largest absolute Gasteiger partial charge is 4.00 e. The van der Waals surface area contributed by atoms with Gasteiger partial charge in [0.05, 0.1) is 0 Å². The molecular formula is C26H32F2SiZr. The number of hydrogen-bond donors (Lipinski definition) is 0. The molecule has 0 atom stereocenters. The molecule has 0 aliphatic carbocycles. The molecular weight excluding hydrogens is 470 g/mol. The summed E-state index contributed by atoms with van der Waals surface area (Å²) in [5, 5.41) is 5.46. The van der Waals surface area contributed by atoms with Crippen LogP contribution in [0.15, 0.2) is 72.8 Å². The number of hydrogen-bond acceptors (Lipinski definition) is 0. The van der Waals surface area contributed by atoms with Gasteiger partial charge in [0.1, 0.15) is 0 Å². The summed E-state index contributed by atoms with van der Waals surface area (Å²) in [5.41, 5.74) is 2.87. The molecule has 0 saturated heterocycles. The molecule has 0 spiro atoms. The monoisotopic (exact) mass is 500 g/mol. The zero-order valence-corrected chi connectivity index (χ0v) is 22.0. The normalized spacial score (nSPS) is 9.20. The van der Waals surface area contributed by atoms with Gasteiger partial charge in [-0.1, -0.05) is 51.9 Å². The Kier molecular flexibility index (Phi) is 17.8. The van der Waals surface area contributed by atoms with Crippen molar-refractivity contribution in [3.8, 4) is 0 Å². The zero-order chi connectivity index (χ0) is 19.5. The molecule has 158 valence electrons. The molecule has 4 aromatic rings. The van der Waals surface area contributed by atoms with Gasteiger partial charge < -0.3 is 9.41 Å². The van der Waals surface area contributed by atoms with E-state index in [0.717, 1.165) is 12.8 Å². The Morgan fingerprint density at radius 3 is 1.27 bits per heavy atom. The molecule has 4 rings (SSSR count). The van der Waals surface area contributed by atoms with Crippen LogP contribution in [0.4, 0.5) is 0 Å². The Morgan fingerprint density at radius 2 is 1.00 bits per heavy atom. The van der Waals surface area contributed by atoms with E-state index in [9.17, 15) is 0 Å². The van der Waals surface area contributed by atoms with E-state index < -0.39 is 0 Å². The van der Waals surface area contributed by atoms with Gasteiger partial charge in [0.25, 0.3) is 0 Å². The fraction of sp³-hybridized carbons (Fsp3) is 0.308. The molecule has 0 fully saturated rings.